The molecule has 1 aliphatic heterocycles. The summed E-state index contributed by atoms with van der Waals surface area (Å²) in [4.78, 5) is 12.0. The minimum absolute atomic E-state index is 0.0531. The molecule has 1 aliphatic carbocycles. The third kappa shape index (κ3) is 6.03. The zero-order valence-electron chi connectivity index (χ0n) is 18.9. The number of carboxylic acid groups (broad SMARTS) is 1. The molecular formula is C25H30ClNO6S. The summed E-state index contributed by atoms with van der Waals surface area (Å²) in [5.41, 5.74) is 0. The van der Waals surface area contributed by atoms with Crippen LogP contribution in [-0.2, 0) is 14.8 Å². The predicted octanol–water partition coefficient (Wildman–Crippen LogP) is 4.98. The number of carboxylic acids is 1. The first-order valence-electron chi connectivity index (χ1n) is 11.7. The highest BCUT2D eigenvalue weighted by molar-refractivity contribution is 7.89. The first-order chi connectivity index (χ1) is 16.3. The number of benzene rings is 2. The topological polar surface area (TPSA) is 93.1 Å². The lowest BCUT2D eigenvalue weighted by atomic mass is 9.90. The van der Waals surface area contributed by atoms with E-state index in [4.69, 9.17) is 21.1 Å². The maximum Gasteiger partial charge on any atom is 0.322 e. The monoisotopic (exact) mass is 507 g/mol. The van der Waals surface area contributed by atoms with Gasteiger partial charge in [0.2, 0.25) is 10.0 Å². The minimum Gasteiger partial charge on any atom is -0.493 e. The summed E-state index contributed by atoms with van der Waals surface area (Å²) in [5, 5.41) is 10.3. The van der Waals surface area contributed by atoms with Crippen LogP contribution >= 0.6 is 11.6 Å². The largest absolute Gasteiger partial charge is 0.493 e. The van der Waals surface area contributed by atoms with Gasteiger partial charge in [0.15, 0.2) is 0 Å². The van der Waals surface area contributed by atoms with E-state index in [0.29, 0.717) is 35.5 Å². The van der Waals surface area contributed by atoms with Crippen LogP contribution in [-0.4, -0.2) is 49.1 Å². The standard InChI is InChI=1S/C25H30ClNO6S/c26-19-6-8-21(9-7-19)33-22-14-15-27(24(16-22)25(28)29)34(30,31)23-12-10-20(11-13-23)32-17-18-4-2-1-3-5-18/h6-13,18,22,24H,1-5,14-17H2,(H,28,29)/t22-,24-/m1/s1. The molecule has 4 rings (SSSR count). The Morgan fingerprint density at radius 2 is 1.62 bits per heavy atom. The van der Waals surface area contributed by atoms with E-state index in [1.54, 1.807) is 36.4 Å². The van der Waals surface area contributed by atoms with Crippen LogP contribution in [0.1, 0.15) is 44.9 Å². The summed E-state index contributed by atoms with van der Waals surface area (Å²) in [7, 11) is -3.99. The van der Waals surface area contributed by atoms with Gasteiger partial charge in [0.25, 0.3) is 0 Å². The molecule has 184 valence electrons. The van der Waals surface area contributed by atoms with E-state index in [-0.39, 0.29) is 17.9 Å². The van der Waals surface area contributed by atoms with Crippen molar-refractivity contribution in [2.45, 2.75) is 62.0 Å². The second kappa shape index (κ2) is 11.0. The molecule has 0 radical (unpaired) electrons. The van der Waals surface area contributed by atoms with Gasteiger partial charge in [0.1, 0.15) is 23.6 Å². The zero-order chi connectivity index (χ0) is 24.1. The van der Waals surface area contributed by atoms with Gasteiger partial charge in [-0.25, -0.2) is 8.42 Å². The van der Waals surface area contributed by atoms with Gasteiger partial charge in [-0.1, -0.05) is 30.9 Å². The van der Waals surface area contributed by atoms with E-state index in [2.05, 4.69) is 0 Å². The Labute approximate surface area is 205 Å². The van der Waals surface area contributed by atoms with Crippen LogP contribution in [0.3, 0.4) is 0 Å². The number of carbonyl (C=O) groups is 1. The fourth-order valence-electron chi connectivity index (χ4n) is 4.65. The number of rotatable bonds is 8. The third-order valence-electron chi connectivity index (χ3n) is 6.55. The molecule has 0 unspecified atom stereocenters. The first kappa shape index (κ1) is 24.8. The summed E-state index contributed by atoms with van der Waals surface area (Å²) in [5.74, 6) is 0.540. The Kier molecular flexibility index (Phi) is 8.01. The average molecular weight is 508 g/mol. The molecule has 1 heterocycles. The SMILES string of the molecule is O=C(O)[C@H]1C[C@H](Oc2ccc(Cl)cc2)CCN1S(=O)(=O)c1ccc(OCC2CCCCC2)cc1. The number of hydrogen-bond donors (Lipinski definition) is 1. The fraction of sp³-hybridized carbons (Fsp3) is 0.480. The van der Waals surface area contributed by atoms with Crippen molar-refractivity contribution in [2.75, 3.05) is 13.2 Å². The molecule has 1 N–H and O–H groups in total. The molecule has 2 atom stereocenters. The smallest absolute Gasteiger partial charge is 0.322 e. The summed E-state index contributed by atoms with van der Waals surface area (Å²) < 4.78 is 39.4. The molecule has 0 spiro atoms. The molecule has 2 aromatic carbocycles. The highest BCUT2D eigenvalue weighted by Crippen LogP contribution is 2.30. The summed E-state index contributed by atoms with van der Waals surface area (Å²) in [6.07, 6.45) is 6.11. The van der Waals surface area contributed by atoms with E-state index in [1.165, 1.54) is 44.2 Å². The quantitative estimate of drug-likeness (QED) is 0.541. The Bertz CT molecular complexity index is 1070. The van der Waals surface area contributed by atoms with Crippen LogP contribution < -0.4 is 9.47 Å². The number of nitrogens with zero attached hydrogens (tertiary/aromatic N) is 1. The van der Waals surface area contributed by atoms with Crippen molar-refractivity contribution in [2.24, 2.45) is 5.92 Å². The minimum atomic E-state index is -3.99. The number of hydrogen-bond acceptors (Lipinski definition) is 5. The summed E-state index contributed by atoms with van der Waals surface area (Å²) in [6.45, 7) is 0.686. The van der Waals surface area contributed by atoms with E-state index >= 15 is 0 Å². The molecule has 7 nitrogen and oxygen atoms in total. The number of ether oxygens (including phenoxy) is 2. The van der Waals surface area contributed by atoms with Crippen molar-refractivity contribution in [1.29, 1.82) is 0 Å². The van der Waals surface area contributed by atoms with Crippen molar-refractivity contribution >= 4 is 27.6 Å². The molecule has 2 aliphatic rings. The Morgan fingerprint density at radius 1 is 0.971 bits per heavy atom. The Morgan fingerprint density at radius 3 is 2.26 bits per heavy atom. The second-order valence-corrected chi connectivity index (χ2v) is 11.3. The molecule has 1 saturated heterocycles. The first-order valence-corrected chi connectivity index (χ1v) is 13.5. The molecule has 0 bridgehead atoms. The van der Waals surface area contributed by atoms with Crippen molar-refractivity contribution in [3.8, 4) is 11.5 Å². The van der Waals surface area contributed by atoms with Gasteiger partial charge in [0.05, 0.1) is 11.5 Å². The van der Waals surface area contributed by atoms with Crippen LogP contribution in [0.25, 0.3) is 0 Å². The molecule has 0 aromatic heterocycles. The third-order valence-corrected chi connectivity index (χ3v) is 8.72. The maximum atomic E-state index is 13.3. The molecule has 0 amide bonds. The molecule has 9 heteroatoms. The Balaban J connectivity index is 1.41. The summed E-state index contributed by atoms with van der Waals surface area (Å²) >= 11 is 5.89. The number of halogens is 1. The van der Waals surface area contributed by atoms with Crippen LogP contribution in [0, 0.1) is 5.92 Å². The highest BCUT2D eigenvalue weighted by Gasteiger charge is 2.41. The number of piperidine rings is 1. The second-order valence-electron chi connectivity index (χ2n) is 8.97. The Hall–Kier alpha value is -2.29. The molecular weight excluding hydrogens is 478 g/mol. The normalized spacial score (nSPS) is 22.3. The lowest BCUT2D eigenvalue weighted by molar-refractivity contribution is -0.143. The van der Waals surface area contributed by atoms with Gasteiger partial charge in [-0.05, 0) is 73.7 Å². The van der Waals surface area contributed by atoms with Gasteiger partial charge in [-0.15, -0.1) is 0 Å². The maximum absolute atomic E-state index is 13.3. The van der Waals surface area contributed by atoms with E-state index < -0.39 is 28.1 Å². The van der Waals surface area contributed by atoms with Crippen LogP contribution in [0.15, 0.2) is 53.4 Å². The van der Waals surface area contributed by atoms with Gasteiger partial charge < -0.3 is 14.6 Å². The van der Waals surface area contributed by atoms with E-state index in [1.807, 2.05) is 0 Å². The molecule has 2 aromatic rings. The van der Waals surface area contributed by atoms with Gasteiger partial charge in [0, 0.05) is 18.0 Å². The summed E-state index contributed by atoms with van der Waals surface area (Å²) in [6, 6.07) is 11.8. The van der Waals surface area contributed by atoms with E-state index in [9.17, 15) is 18.3 Å². The average Bonchev–Trinajstić information content (AvgIpc) is 2.85. The number of sulfonamides is 1. The lowest BCUT2D eigenvalue weighted by Gasteiger charge is -2.36. The zero-order valence-corrected chi connectivity index (χ0v) is 20.5. The number of aliphatic carboxylic acids is 1. The van der Waals surface area contributed by atoms with Crippen LogP contribution in [0.5, 0.6) is 11.5 Å². The molecule has 34 heavy (non-hydrogen) atoms. The van der Waals surface area contributed by atoms with Crippen molar-refractivity contribution in [3.05, 3.63) is 53.6 Å². The van der Waals surface area contributed by atoms with Crippen LogP contribution in [0.2, 0.25) is 5.02 Å². The molecule has 1 saturated carbocycles. The predicted molar refractivity (Wildman–Crippen MR) is 129 cm³/mol. The molecule has 2 fully saturated rings. The van der Waals surface area contributed by atoms with Gasteiger partial charge in [-0.2, -0.15) is 4.31 Å². The fourth-order valence-corrected chi connectivity index (χ4v) is 6.38. The van der Waals surface area contributed by atoms with Crippen LogP contribution in [0.4, 0.5) is 0 Å². The van der Waals surface area contributed by atoms with Gasteiger partial charge in [-0.3, -0.25) is 4.79 Å². The lowest BCUT2D eigenvalue weighted by Crippen LogP contribution is -2.52. The van der Waals surface area contributed by atoms with Crippen molar-refractivity contribution in [3.63, 3.8) is 0 Å². The van der Waals surface area contributed by atoms with E-state index in [0.717, 1.165) is 4.31 Å². The van der Waals surface area contributed by atoms with Gasteiger partial charge >= 0.3 is 5.97 Å². The van der Waals surface area contributed by atoms with Crippen molar-refractivity contribution in [1.82, 2.24) is 4.31 Å². The highest BCUT2D eigenvalue weighted by atomic mass is 35.5. The van der Waals surface area contributed by atoms with Crippen molar-refractivity contribution < 1.29 is 27.8 Å².